The third-order valence-corrected chi connectivity index (χ3v) is 3.12. The Labute approximate surface area is 91.9 Å². The largest absolute Gasteiger partial charge is 0.300 e. The molecular weight excluding hydrogens is 206 g/mol. The van der Waals surface area contributed by atoms with Crippen molar-refractivity contribution in [3.8, 4) is 0 Å². The van der Waals surface area contributed by atoms with Crippen LogP contribution in [-0.2, 0) is 4.79 Å². The Morgan fingerprint density at radius 2 is 1.44 bits per heavy atom. The SMILES string of the molecule is O=C1CC(N2C(=O)c3ccccc3C2=O)C1. The van der Waals surface area contributed by atoms with Gasteiger partial charge in [0.05, 0.1) is 17.2 Å². The van der Waals surface area contributed by atoms with Crippen molar-refractivity contribution >= 4 is 17.6 Å². The second-order valence-corrected chi connectivity index (χ2v) is 4.13. The van der Waals surface area contributed by atoms with Gasteiger partial charge in [0, 0.05) is 12.8 Å². The Morgan fingerprint density at radius 3 is 1.88 bits per heavy atom. The quantitative estimate of drug-likeness (QED) is 0.657. The minimum Gasteiger partial charge on any atom is -0.300 e. The van der Waals surface area contributed by atoms with Gasteiger partial charge in [-0.25, -0.2) is 0 Å². The summed E-state index contributed by atoms with van der Waals surface area (Å²) in [6, 6.07) is 6.55. The summed E-state index contributed by atoms with van der Waals surface area (Å²) in [4.78, 5) is 36.0. The van der Waals surface area contributed by atoms with E-state index in [0.29, 0.717) is 24.0 Å². The van der Waals surface area contributed by atoms with Crippen LogP contribution in [0, 0.1) is 0 Å². The van der Waals surface area contributed by atoms with E-state index in [2.05, 4.69) is 0 Å². The maximum absolute atomic E-state index is 11.9. The van der Waals surface area contributed by atoms with Gasteiger partial charge in [0.15, 0.2) is 0 Å². The molecule has 1 fully saturated rings. The summed E-state index contributed by atoms with van der Waals surface area (Å²) in [6.07, 6.45) is 0.622. The monoisotopic (exact) mass is 215 g/mol. The molecule has 0 bridgehead atoms. The van der Waals surface area contributed by atoms with Crippen LogP contribution in [-0.4, -0.2) is 28.5 Å². The molecule has 0 radical (unpaired) electrons. The van der Waals surface area contributed by atoms with Gasteiger partial charge in [-0.3, -0.25) is 19.3 Å². The van der Waals surface area contributed by atoms with Crippen LogP contribution < -0.4 is 0 Å². The summed E-state index contributed by atoms with van der Waals surface area (Å²) in [7, 11) is 0. The molecule has 1 aromatic rings. The summed E-state index contributed by atoms with van der Waals surface area (Å²) in [6.45, 7) is 0. The molecule has 0 spiro atoms. The van der Waals surface area contributed by atoms with Crippen molar-refractivity contribution in [2.45, 2.75) is 18.9 Å². The molecule has 1 heterocycles. The fraction of sp³-hybridized carbons (Fsp3) is 0.250. The number of Topliss-reactive ketones (excluding diaryl/α,β-unsaturated/α-hetero) is 1. The molecule has 2 amide bonds. The van der Waals surface area contributed by atoms with Gasteiger partial charge < -0.3 is 0 Å². The first-order chi connectivity index (χ1) is 7.68. The van der Waals surface area contributed by atoms with Crippen LogP contribution >= 0.6 is 0 Å². The summed E-state index contributed by atoms with van der Waals surface area (Å²) >= 11 is 0. The van der Waals surface area contributed by atoms with Crippen molar-refractivity contribution in [2.75, 3.05) is 0 Å². The number of imide groups is 1. The molecule has 0 unspecified atom stereocenters. The summed E-state index contributed by atoms with van der Waals surface area (Å²) in [5, 5.41) is 0. The van der Waals surface area contributed by atoms with Crippen LogP contribution in [0.5, 0.6) is 0 Å². The molecule has 4 nitrogen and oxygen atoms in total. The molecule has 0 atom stereocenters. The van der Waals surface area contributed by atoms with E-state index < -0.39 is 0 Å². The number of hydrogen-bond donors (Lipinski definition) is 0. The number of amides is 2. The number of benzene rings is 1. The topological polar surface area (TPSA) is 54.5 Å². The molecule has 0 saturated heterocycles. The van der Waals surface area contributed by atoms with Crippen molar-refractivity contribution in [1.82, 2.24) is 4.90 Å². The second-order valence-electron chi connectivity index (χ2n) is 4.13. The van der Waals surface area contributed by atoms with E-state index in [1.165, 1.54) is 4.90 Å². The minimum atomic E-state index is -0.266. The first-order valence-corrected chi connectivity index (χ1v) is 5.17. The lowest BCUT2D eigenvalue weighted by Gasteiger charge is -2.31. The van der Waals surface area contributed by atoms with Crippen LogP contribution in [0.2, 0.25) is 0 Å². The molecule has 4 heteroatoms. The molecule has 2 aliphatic rings. The van der Waals surface area contributed by atoms with E-state index >= 15 is 0 Å². The van der Waals surface area contributed by atoms with Gasteiger partial charge in [0.1, 0.15) is 5.78 Å². The second kappa shape index (κ2) is 3.01. The number of rotatable bonds is 1. The molecule has 1 aromatic carbocycles. The Morgan fingerprint density at radius 1 is 0.938 bits per heavy atom. The summed E-state index contributed by atoms with van der Waals surface area (Å²) < 4.78 is 0. The Bertz CT molecular complexity index is 478. The molecular formula is C12H9NO3. The lowest BCUT2D eigenvalue weighted by Crippen LogP contribution is -2.47. The van der Waals surface area contributed by atoms with Gasteiger partial charge in [-0.15, -0.1) is 0 Å². The predicted molar refractivity (Wildman–Crippen MR) is 55.0 cm³/mol. The third kappa shape index (κ3) is 1.07. The molecule has 0 N–H and O–H groups in total. The molecule has 80 valence electrons. The molecule has 1 saturated carbocycles. The Kier molecular flexibility index (Phi) is 1.74. The van der Waals surface area contributed by atoms with E-state index in [0.717, 1.165) is 0 Å². The maximum atomic E-state index is 11.9. The fourth-order valence-corrected chi connectivity index (χ4v) is 2.19. The van der Waals surface area contributed by atoms with E-state index in [-0.39, 0.29) is 23.6 Å². The normalized spacial score (nSPS) is 20.0. The number of carbonyl (C=O) groups is 3. The average Bonchev–Trinajstić information content (AvgIpc) is 2.49. The number of nitrogens with zero attached hydrogens (tertiary/aromatic N) is 1. The van der Waals surface area contributed by atoms with Crippen LogP contribution in [0.4, 0.5) is 0 Å². The zero-order chi connectivity index (χ0) is 11.3. The molecule has 1 aliphatic carbocycles. The summed E-state index contributed by atoms with van der Waals surface area (Å²) in [5.74, 6) is -0.419. The number of ketones is 1. The fourth-order valence-electron chi connectivity index (χ4n) is 2.19. The number of hydrogen-bond acceptors (Lipinski definition) is 3. The van der Waals surface area contributed by atoms with Gasteiger partial charge in [-0.05, 0) is 12.1 Å². The van der Waals surface area contributed by atoms with Gasteiger partial charge in [-0.2, -0.15) is 0 Å². The summed E-state index contributed by atoms with van der Waals surface area (Å²) in [5.41, 5.74) is 0.902. The van der Waals surface area contributed by atoms with E-state index in [9.17, 15) is 14.4 Å². The third-order valence-electron chi connectivity index (χ3n) is 3.12. The lowest BCUT2D eigenvalue weighted by atomic mass is 9.90. The average molecular weight is 215 g/mol. The van der Waals surface area contributed by atoms with Crippen molar-refractivity contribution in [3.63, 3.8) is 0 Å². The van der Waals surface area contributed by atoms with Gasteiger partial charge >= 0.3 is 0 Å². The van der Waals surface area contributed by atoms with Crippen LogP contribution in [0.3, 0.4) is 0 Å². The standard InChI is InChI=1S/C12H9NO3/c14-8-5-7(6-8)13-11(15)9-3-1-2-4-10(9)12(13)16/h1-4,7H,5-6H2. The van der Waals surface area contributed by atoms with Crippen LogP contribution in [0.1, 0.15) is 33.6 Å². The highest BCUT2D eigenvalue weighted by molar-refractivity contribution is 6.22. The minimum absolute atomic E-state index is 0.113. The number of fused-ring (bicyclic) bond motifs is 1. The van der Waals surface area contributed by atoms with Gasteiger partial charge in [-0.1, -0.05) is 12.1 Å². The maximum Gasteiger partial charge on any atom is 0.261 e. The van der Waals surface area contributed by atoms with Crippen molar-refractivity contribution in [1.29, 1.82) is 0 Å². The predicted octanol–water partition coefficient (Wildman–Crippen LogP) is 1.01. The Balaban J connectivity index is 1.98. The zero-order valence-electron chi connectivity index (χ0n) is 8.47. The van der Waals surface area contributed by atoms with Crippen LogP contribution in [0.25, 0.3) is 0 Å². The highest BCUT2D eigenvalue weighted by atomic mass is 16.2. The highest BCUT2D eigenvalue weighted by Gasteiger charge is 2.44. The number of carbonyl (C=O) groups excluding carboxylic acids is 3. The van der Waals surface area contributed by atoms with Crippen LogP contribution in [0.15, 0.2) is 24.3 Å². The zero-order valence-corrected chi connectivity index (χ0v) is 8.47. The lowest BCUT2D eigenvalue weighted by molar-refractivity contribution is -0.126. The molecule has 16 heavy (non-hydrogen) atoms. The first kappa shape index (κ1) is 9.27. The van der Waals surface area contributed by atoms with E-state index in [1.807, 2.05) is 0 Å². The van der Waals surface area contributed by atoms with E-state index in [4.69, 9.17) is 0 Å². The van der Waals surface area contributed by atoms with Gasteiger partial charge in [0.2, 0.25) is 0 Å². The van der Waals surface area contributed by atoms with Crippen molar-refractivity contribution in [2.24, 2.45) is 0 Å². The highest BCUT2D eigenvalue weighted by Crippen LogP contribution is 2.30. The molecule has 1 aliphatic heterocycles. The smallest absolute Gasteiger partial charge is 0.261 e. The van der Waals surface area contributed by atoms with Crippen molar-refractivity contribution in [3.05, 3.63) is 35.4 Å². The molecule has 0 aromatic heterocycles. The first-order valence-electron chi connectivity index (χ1n) is 5.17. The van der Waals surface area contributed by atoms with Crippen molar-refractivity contribution < 1.29 is 14.4 Å². The van der Waals surface area contributed by atoms with E-state index in [1.54, 1.807) is 24.3 Å². The van der Waals surface area contributed by atoms with Gasteiger partial charge in [0.25, 0.3) is 11.8 Å². The Hall–Kier alpha value is -1.97. The molecule has 3 rings (SSSR count).